The van der Waals surface area contributed by atoms with Crippen molar-refractivity contribution in [2.75, 3.05) is 5.75 Å². The molecule has 1 amide bonds. The predicted octanol–water partition coefficient (Wildman–Crippen LogP) is 4.36. The van der Waals surface area contributed by atoms with Gasteiger partial charge in [-0.05, 0) is 24.3 Å². The van der Waals surface area contributed by atoms with Gasteiger partial charge in [0.25, 0.3) is 0 Å². The summed E-state index contributed by atoms with van der Waals surface area (Å²) in [6, 6.07) is 16.1. The maximum absolute atomic E-state index is 12.8. The number of rotatable bonds is 6. The van der Waals surface area contributed by atoms with Gasteiger partial charge in [0.05, 0.1) is 18.0 Å². The van der Waals surface area contributed by atoms with Gasteiger partial charge in [0.15, 0.2) is 0 Å². The van der Waals surface area contributed by atoms with Crippen molar-refractivity contribution in [3.05, 3.63) is 71.5 Å². The van der Waals surface area contributed by atoms with Crippen LogP contribution in [0.5, 0.6) is 0 Å². The minimum atomic E-state index is -0.276. The number of nitrogens with zero attached hydrogens (tertiary/aromatic N) is 1. The Morgan fingerprint density at radius 2 is 1.88 bits per heavy atom. The zero-order valence-corrected chi connectivity index (χ0v) is 14.4. The molecule has 0 fully saturated rings. The summed E-state index contributed by atoms with van der Waals surface area (Å²) in [5.74, 6) is -0.0541. The Hall–Kier alpha value is -2.18. The summed E-state index contributed by atoms with van der Waals surface area (Å²) < 4.78 is 12.8. The molecule has 1 aromatic heterocycles. The number of nitrogens with one attached hydrogen (secondary N) is 1. The molecule has 0 saturated heterocycles. The summed E-state index contributed by atoms with van der Waals surface area (Å²) in [4.78, 5) is 17.3. The Kier molecular flexibility index (Phi) is 5.61. The van der Waals surface area contributed by atoms with Crippen LogP contribution in [0, 0.1) is 5.82 Å². The first-order valence-electron chi connectivity index (χ1n) is 7.35. The molecule has 0 aliphatic heterocycles. The second-order valence-electron chi connectivity index (χ2n) is 5.03. The molecule has 6 heteroatoms. The average molecular weight is 358 g/mol. The zero-order chi connectivity index (χ0) is 16.8. The van der Waals surface area contributed by atoms with E-state index in [0.717, 1.165) is 21.2 Å². The van der Waals surface area contributed by atoms with Crippen LogP contribution in [0.1, 0.15) is 5.69 Å². The van der Waals surface area contributed by atoms with Gasteiger partial charge in [-0.15, -0.1) is 23.1 Å². The number of thioether (sulfide) groups is 1. The van der Waals surface area contributed by atoms with Crippen LogP contribution in [0.15, 0.2) is 64.9 Å². The van der Waals surface area contributed by atoms with Crippen LogP contribution < -0.4 is 5.32 Å². The number of carbonyl (C=O) groups is 1. The first-order valence-corrected chi connectivity index (χ1v) is 9.22. The minimum absolute atomic E-state index is 0.0708. The monoisotopic (exact) mass is 358 g/mol. The lowest BCUT2D eigenvalue weighted by Crippen LogP contribution is -2.24. The lowest BCUT2D eigenvalue weighted by molar-refractivity contribution is -0.118. The van der Waals surface area contributed by atoms with E-state index in [0.29, 0.717) is 12.3 Å². The van der Waals surface area contributed by atoms with Gasteiger partial charge in [-0.1, -0.05) is 30.3 Å². The molecule has 0 aliphatic rings. The Bertz CT molecular complexity index is 803. The maximum atomic E-state index is 12.8. The lowest BCUT2D eigenvalue weighted by atomic mass is 10.2. The molecule has 2 aromatic carbocycles. The highest BCUT2D eigenvalue weighted by Crippen LogP contribution is 2.23. The molecule has 24 heavy (non-hydrogen) atoms. The summed E-state index contributed by atoms with van der Waals surface area (Å²) in [6.45, 7) is 0.409. The molecule has 0 aliphatic carbocycles. The Morgan fingerprint density at radius 1 is 1.12 bits per heavy atom. The van der Waals surface area contributed by atoms with Gasteiger partial charge in [0.2, 0.25) is 5.91 Å². The number of aromatic nitrogens is 1. The van der Waals surface area contributed by atoms with Gasteiger partial charge >= 0.3 is 0 Å². The number of amides is 1. The third-order valence-electron chi connectivity index (χ3n) is 3.22. The second-order valence-corrected chi connectivity index (χ2v) is 6.94. The standard InChI is InChI=1S/C18H15FN2OS2/c19-14-6-8-16(9-7-14)23-12-17(22)20-10-15-11-24-18(21-15)13-4-2-1-3-5-13/h1-9,11H,10,12H2,(H,20,22). The third-order valence-corrected chi connectivity index (χ3v) is 5.17. The number of benzene rings is 2. The number of hydrogen-bond acceptors (Lipinski definition) is 4. The Labute approximate surface area is 148 Å². The number of carbonyl (C=O) groups excluding carboxylic acids is 1. The van der Waals surface area contributed by atoms with E-state index < -0.39 is 0 Å². The van der Waals surface area contributed by atoms with E-state index in [9.17, 15) is 9.18 Å². The predicted molar refractivity (Wildman–Crippen MR) is 96.5 cm³/mol. The molecular formula is C18H15FN2OS2. The second kappa shape index (κ2) is 8.08. The van der Waals surface area contributed by atoms with Crippen molar-refractivity contribution < 1.29 is 9.18 Å². The summed E-state index contributed by atoms with van der Waals surface area (Å²) in [7, 11) is 0. The topological polar surface area (TPSA) is 42.0 Å². The number of halogens is 1. The molecule has 1 heterocycles. The van der Waals surface area contributed by atoms with Crippen molar-refractivity contribution in [3.63, 3.8) is 0 Å². The molecule has 0 bridgehead atoms. The fourth-order valence-electron chi connectivity index (χ4n) is 2.02. The first kappa shape index (κ1) is 16.7. The van der Waals surface area contributed by atoms with Crippen molar-refractivity contribution >= 4 is 29.0 Å². The van der Waals surface area contributed by atoms with Crippen LogP contribution in [0.25, 0.3) is 10.6 Å². The highest BCUT2D eigenvalue weighted by molar-refractivity contribution is 8.00. The van der Waals surface area contributed by atoms with Crippen molar-refractivity contribution in [1.82, 2.24) is 10.3 Å². The number of hydrogen-bond donors (Lipinski definition) is 1. The van der Waals surface area contributed by atoms with Gasteiger partial charge in [-0.3, -0.25) is 4.79 Å². The van der Waals surface area contributed by atoms with Crippen LogP contribution in [-0.4, -0.2) is 16.6 Å². The van der Waals surface area contributed by atoms with Crippen LogP contribution >= 0.6 is 23.1 Å². The highest BCUT2D eigenvalue weighted by atomic mass is 32.2. The van der Waals surface area contributed by atoms with Gasteiger partial charge < -0.3 is 5.32 Å². The largest absolute Gasteiger partial charge is 0.350 e. The zero-order valence-electron chi connectivity index (χ0n) is 12.7. The molecule has 3 aromatic rings. The van der Waals surface area contributed by atoms with E-state index in [1.54, 1.807) is 23.5 Å². The van der Waals surface area contributed by atoms with Crippen molar-refractivity contribution in [3.8, 4) is 10.6 Å². The van der Waals surface area contributed by atoms with Crippen molar-refractivity contribution in [1.29, 1.82) is 0 Å². The third kappa shape index (κ3) is 4.66. The fraction of sp³-hybridized carbons (Fsp3) is 0.111. The van der Waals surface area contributed by atoms with Gasteiger partial charge in [0, 0.05) is 15.8 Å². The van der Waals surface area contributed by atoms with Crippen molar-refractivity contribution in [2.45, 2.75) is 11.4 Å². The first-order chi connectivity index (χ1) is 11.7. The Balaban J connectivity index is 1.48. The van der Waals surface area contributed by atoms with E-state index in [4.69, 9.17) is 0 Å². The fourth-order valence-corrected chi connectivity index (χ4v) is 3.58. The van der Waals surface area contributed by atoms with Crippen LogP contribution in [0.3, 0.4) is 0 Å². The summed E-state index contributed by atoms with van der Waals surface area (Å²) >= 11 is 2.94. The normalized spacial score (nSPS) is 10.5. The van der Waals surface area contributed by atoms with E-state index in [1.807, 2.05) is 35.7 Å². The summed E-state index contributed by atoms with van der Waals surface area (Å²) in [5.41, 5.74) is 1.92. The van der Waals surface area contributed by atoms with Crippen molar-refractivity contribution in [2.24, 2.45) is 0 Å². The lowest BCUT2D eigenvalue weighted by Gasteiger charge is -2.03. The van der Waals surface area contributed by atoms with E-state index in [2.05, 4.69) is 10.3 Å². The Morgan fingerprint density at radius 3 is 2.62 bits per heavy atom. The molecular weight excluding hydrogens is 343 g/mol. The molecule has 122 valence electrons. The van der Waals surface area contributed by atoms with E-state index in [1.165, 1.54) is 23.9 Å². The summed E-state index contributed by atoms with van der Waals surface area (Å²) in [5, 5.41) is 5.75. The highest BCUT2D eigenvalue weighted by Gasteiger charge is 2.07. The molecule has 0 radical (unpaired) electrons. The van der Waals surface area contributed by atoms with Crippen LogP contribution in [-0.2, 0) is 11.3 Å². The molecule has 1 N–H and O–H groups in total. The summed E-state index contributed by atoms with van der Waals surface area (Å²) in [6.07, 6.45) is 0. The molecule has 0 unspecified atom stereocenters. The van der Waals surface area contributed by atoms with Crippen LogP contribution in [0.2, 0.25) is 0 Å². The molecule has 0 atom stereocenters. The van der Waals surface area contributed by atoms with Gasteiger partial charge in [0.1, 0.15) is 10.8 Å². The molecule has 3 nitrogen and oxygen atoms in total. The molecule has 3 rings (SSSR count). The average Bonchev–Trinajstić information content (AvgIpc) is 3.09. The van der Waals surface area contributed by atoms with Gasteiger partial charge in [-0.2, -0.15) is 0 Å². The number of thiazole rings is 1. The minimum Gasteiger partial charge on any atom is -0.350 e. The van der Waals surface area contributed by atoms with E-state index in [-0.39, 0.29) is 11.7 Å². The van der Waals surface area contributed by atoms with Gasteiger partial charge in [-0.25, -0.2) is 9.37 Å². The maximum Gasteiger partial charge on any atom is 0.230 e. The molecule has 0 saturated carbocycles. The molecule has 0 spiro atoms. The smallest absolute Gasteiger partial charge is 0.230 e. The quantitative estimate of drug-likeness (QED) is 0.666. The van der Waals surface area contributed by atoms with E-state index >= 15 is 0 Å². The SMILES string of the molecule is O=C(CSc1ccc(F)cc1)NCc1csc(-c2ccccc2)n1. The van der Waals surface area contributed by atoms with Crippen LogP contribution in [0.4, 0.5) is 4.39 Å².